The molecule has 1 amide bonds. The molecule has 0 radical (unpaired) electrons. The van der Waals surface area contributed by atoms with Crippen LogP contribution in [0.4, 0.5) is 4.39 Å². The highest BCUT2D eigenvalue weighted by Gasteiger charge is 2.26. The lowest BCUT2D eigenvalue weighted by Gasteiger charge is -2.26. The van der Waals surface area contributed by atoms with Gasteiger partial charge in [0.2, 0.25) is 0 Å². The van der Waals surface area contributed by atoms with Gasteiger partial charge < -0.3 is 5.32 Å². The lowest BCUT2D eigenvalue weighted by Crippen LogP contribution is -2.30. The summed E-state index contributed by atoms with van der Waals surface area (Å²) >= 11 is 1.69. The number of aromatic nitrogens is 3. The van der Waals surface area contributed by atoms with Gasteiger partial charge in [-0.15, -0.1) is 11.8 Å². The van der Waals surface area contributed by atoms with E-state index in [-0.39, 0.29) is 17.8 Å². The average molecular weight is 445 g/mol. The molecule has 160 valence electrons. The predicted octanol–water partition coefficient (Wildman–Crippen LogP) is 5.10. The SMILES string of the molecule is O=C(NC1CCSc2ccc(F)cc21)c1cn(Cc2ccccc2)nc1-c1cccnc1. The van der Waals surface area contributed by atoms with E-state index in [0.29, 0.717) is 17.8 Å². The standard InChI is InChI=1S/C25H21FN4OS/c26-19-8-9-23-20(13-19)22(10-12-32-23)28-25(31)21-16-30(15-17-5-2-1-3-6-17)29-24(21)18-7-4-11-27-14-18/h1-9,11,13-14,16,22H,10,12,15H2,(H,28,31). The Bertz CT molecular complexity index is 1240. The van der Waals surface area contributed by atoms with Gasteiger partial charge in [0.25, 0.3) is 5.91 Å². The summed E-state index contributed by atoms with van der Waals surface area (Å²) in [6.07, 6.45) is 5.91. The smallest absolute Gasteiger partial charge is 0.255 e. The second-order valence-corrected chi connectivity index (χ2v) is 8.80. The minimum Gasteiger partial charge on any atom is -0.345 e. The molecule has 0 aliphatic carbocycles. The van der Waals surface area contributed by atoms with Crippen LogP contribution in [0, 0.1) is 5.82 Å². The summed E-state index contributed by atoms with van der Waals surface area (Å²) in [5.41, 5.74) is 3.75. The van der Waals surface area contributed by atoms with Crippen molar-refractivity contribution in [2.24, 2.45) is 0 Å². The van der Waals surface area contributed by atoms with E-state index in [9.17, 15) is 9.18 Å². The fourth-order valence-electron chi connectivity index (χ4n) is 3.91. The number of hydrogen-bond acceptors (Lipinski definition) is 4. The van der Waals surface area contributed by atoms with Gasteiger partial charge >= 0.3 is 0 Å². The van der Waals surface area contributed by atoms with Crippen molar-refractivity contribution in [1.29, 1.82) is 0 Å². The van der Waals surface area contributed by atoms with Gasteiger partial charge in [-0.05, 0) is 47.9 Å². The van der Waals surface area contributed by atoms with E-state index in [1.54, 1.807) is 41.1 Å². The van der Waals surface area contributed by atoms with E-state index in [2.05, 4.69) is 10.3 Å². The van der Waals surface area contributed by atoms with Crippen LogP contribution < -0.4 is 5.32 Å². The van der Waals surface area contributed by atoms with Crippen molar-refractivity contribution in [3.63, 3.8) is 0 Å². The summed E-state index contributed by atoms with van der Waals surface area (Å²) in [7, 11) is 0. The van der Waals surface area contributed by atoms with Crippen molar-refractivity contribution in [2.45, 2.75) is 23.9 Å². The first-order valence-corrected chi connectivity index (χ1v) is 11.4. The second-order valence-electron chi connectivity index (χ2n) is 7.66. The molecule has 32 heavy (non-hydrogen) atoms. The van der Waals surface area contributed by atoms with E-state index in [0.717, 1.165) is 33.8 Å². The van der Waals surface area contributed by atoms with Gasteiger partial charge in [0, 0.05) is 34.8 Å². The number of halogens is 1. The van der Waals surface area contributed by atoms with Crippen molar-refractivity contribution < 1.29 is 9.18 Å². The summed E-state index contributed by atoms with van der Waals surface area (Å²) in [6.45, 7) is 0.551. The molecule has 7 heteroatoms. The second kappa shape index (κ2) is 8.96. The molecule has 4 aromatic rings. The number of amides is 1. The first-order valence-electron chi connectivity index (χ1n) is 10.4. The Morgan fingerprint density at radius 1 is 1.16 bits per heavy atom. The Hall–Kier alpha value is -3.45. The fourth-order valence-corrected chi connectivity index (χ4v) is 5.01. The zero-order valence-electron chi connectivity index (χ0n) is 17.2. The molecule has 2 aromatic carbocycles. The van der Waals surface area contributed by atoms with Crippen LogP contribution in [0.5, 0.6) is 0 Å². The molecular formula is C25H21FN4OS. The summed E-state index contributed by atoms with van der Waals surface area (Å²) < 4.78 is 15.7. The van der Waals surface area contributed by atoms with Crippen LogP contribution in [0.25, 0.3) is 11.3 Å². The molecule has 1 aliphatic rings. The molecule has 1 atom stereocenters. The fraction of sp³-hybridized carbons (Fsp3) is 0.160. The number of nitrogens with zero attached hydrogens (tertiary/aromatic N) is 3. The zero-order valence-corrected chi connectivity index (χ0v) is 18.1. The highest BCUT2D eigenvalue weighted by Crippen LogP contribution is 2.37. The van der Waals surface area contributed by atoms with E-state index < -0.39 is 0 Å². The maximum absolute atomic E-state index is 13.9. The molecule has 1 N–H and O–H groups in total. The number of benzene rings is 2. The highest BCUT2D eigenvalue weighted by atomic mass is 32.2. The molecule has 0 saturated heterocycles. The zero-order chi connectivity index (χ0) is 21.9. The molecule has 0 spiro atoms. The Morgan fingerprint density at radius 3 is 2.84 bits per heavy atom. The van der Waals surface area contributed by atoms with Crippen molar-refractivity contribution >= 4 is 17.7 Å². The number of pyridine rings is 1. The third-order valence-corrected chi connectivity index (χ3v) is 6.57. The van der Waals surface area contributed by atoms with Crippen LogP contribution in [0.15, 0.2) is 84.1 Å². The minimum absolute atomic E-state index is 0.227. The average Bonchev–Trinajstić information content (AvgIpc) is 3.25. The minimum atomic E-state index is -0.294. The number of carbonyl (C=O) groups excluding carboxylic acids is 1. The van der Waals surface area contributed by atoms with Crippen molar-refractivity contribution in [1.82, 2.24) is 20.1 Å². The number of fused-ring (bicyclic) bond motifs is 1. The normalized spacial score (nSPS) is 15.2. The maximum Gasteiger partial charge on any atom is 0.255 e. The molecule has 3 heterocycles. The Labute approximate surface area is 189 Å². The van der Waals surface area contributed by atoms with E-state index in [4.69, 9.17) is 5.10 Å². The van der Waals surface area contributed by atoms with Crippen LogP contribution in [0.1, 0.15) is 33.9 Å². The number of thioether (sulfide) groups is 1. The molecule has 0 fully saturated rings. The Morgan fingerprint density at radius 2 is 2.03 bits per heavy atom. The van der Waals surface area contributed by atoms with Gasteiger partial charge in [-0.1, -0.05) is 30.3 Å². The number of carbonyl (C=O) groups is 1. The van der Waals surface area contributed by atoms with Gasteiger partial charge in [0.15, 0.2) is 0 Å². The molecule has 0 bridgehead atoms. The summed E-state index contributed by atoms with van der Waals surface area (Å²) in [4.78, 5) is 18.6. The lowest BCUT2D eigenvalue weighted by molar-refractivity contribution is 0.0935. The third kappa shape index (κ3) is 4.29. The largest absolute Gasteiger partial charge is 0.345 e. The van der Waals surface area contributed by atoms with Crippen LogP contribution >= 0.6 is 11.8 Å². The molecular weight excluding hydrogens is 423 g/mol. The van der Waals surface area contributed by atoms with Crippen molar-refractivity contribution in [3.05, 3.63) is 102 Å². The van der Waals surface area contributed by atoms with Crippen LogP contribution in [-0.4, -0.2) is 26.4 Å². The van der Waals surface area contributed by atoms with Gasteiger partial charge in [0.05, 0.1) is 18.2 Å². The van der Waals surface area contributed by atoms with Crippen molar-refractivity contribution in [3.8, 4) is 11.3 Å². The van der Waals surface area contributed by atoms with E-state index in [1.807, 2.05) is 42.5 Å². The number of nitrogens with one attached hydrogen (secondary N) is 1. The molecule has 0 saturated carbocycles. The van der Waals surface area contributed by atoms with E-state index >= 15 is 0 Å². The molecule has 5 nitrogen and oxygen atoms in total. The lowest BCUT2D eigenvalue weighted by atomic mass is 10.0. The predicted molar refractivity (Wildman–Crippen MR) is 123 cm³/mol. The van der Waals surface area contributed by atoms with E-state index in [1.165, 1.54) is 12.1 Å². The van der Waals surface area contributed by atoms with Gasteiger partial charge in [0.1, 0.15) is 11.5 Å². The molecule has 1 aliphatic heterocycles. The van der Waals surface area contributed by atoms with Gasteiger partial charge in [-0.25, -0.2) is 4.39 Å². The number of hydrogen-bond donors (Lipinski definition) is 1. The van der Waals surface area contributed by atoms with Gasteiger partial charge in [-0.2, -0.15) is 5.10 Å². The van der Waals surface area contributed by atoms with Crippen LogP contribution in [-0.2, 0) is 6.54 Å². The topological polar surface area (TPSA) is 59.8 Å². The Balaban J connectivity index is 1.47. The summed E-state index contributed by atoms with van der Waals surface area (Å²) in [6, 6.07) is 18.2. The van der Waals surface area contributed by atoms with Crippen molar-refractivity contribution in [2.75, 3.05) is 5.75 Å². The number of rotatable bonds is 5. The highest BCUT2D eigenvalue weighted by molar-refractivity contribution is 7.99. The third-order valence-electron chi connectivity index (χ3n) is 5.45. The van der Waals surface area contributed by atoms with Crippen LogP contribution in [0.3, 0.4) is 0 Å². The first-order chi connectivity index (χ1) is 15.7. The summed E-state index contributed by atoms with van der Waals surface area (Å²) in [5, 5.41) is 7.81. The summed E-state index contributed by atoms with van der Waals surface area (Å²) in [5.74, 6) is 0.347. The first kappa shape index (κ1) is 20.5. The van der Waals surface area contributed by atoms with Crippen LogP contribution in [0.2, 0.25) is 0 Å². The Kier molecular flexibility index (Phi) is 5.73. The molecule has 1 unspecified atom stereocenters. The quantitative estimate of drug-likeness (QED) is 0.465. The molecule has 2 aromatic heterocycles. The molecule has 5 rings (SSSR count). The van der Waals surface area contributed by atoms with Gasteiger partial charge in [-0.3, -0.25) is 14.5 Å². The monoisotopic (exact) mass is 444 g/mol. The maximum atomic E-state index is 13.9.